The highest BCUT2D eigenvalue weighted by Gasteiger charge is 2.48. The van der Waals surface area contributed by atoms with Crippen molar-refractivity contribution in [3.05, 3.63) is 41.4 Å². The van der Waals surface area contributed by atoms with Gasteiger partial charge < -0.3 is 36.2 Å². The van der Waals surface area contributed by atoms with Crippen molar-refractivity contribution in [1.82, 2.24) is 29.7 Å². The summed E-state index contributed by atoms with van der Waals surface area (Å²) in [5, 5.41) is 27.5. The Kier molecular flexibility index (Phi) is 7.21. The molecule has 6 rings (SSSR count). The molecule has 0 bridgehead atoms. The first-order chi connectivity index (χ1) is 19.3. The summed E-state index contributed by atoms with van der Waals surface area (Å²) in [7, 11) is 0. The number of halogens is 1. The molecule has 1 saturated carbocycles. The number of benzene rings is 1. The zero-order valence-electron chi connectivity index (χ0n) is 21.6. The van der Waals surface area contributed by atoms with Crippen LogP contribution in [0, 0.1) is 5.92 Å². The highest BCUT2D eigenvalue weighted by atomic mass is 35.5. The number of aliphatic hydroxyl groups excluding tert-OH is 2. The van der Waals surface area contributed by atoms with Gasteiger partial charge in [0, 0.05) is 36.3 Å². The molecule has 4 atom stereocenters. The fraction of sp³-hybridized carbons (Fsp3) is 0.500. The van der Waals surface area contributed by atoms with Crippen LogP contribution in [0.3, 0.4) is 0 Å². The molecule has 212 valence electrons. The second-order valence-electron chi connectivity index (χ2n) is 10.6. The maximum Gasteiger partial charge on any atom is 0.321 e. The van der Waals surface area contributed by atoms with E-state index in [4.69, 9.17) is 22.1 Å². The Balaban J connectivity index is 1.11. The van der Waals surface area contributed by atoms with E-state index >= 15 is 0 Å². The second kappa shape index (κ2) is 10.8. The van der Waals surface area contributed by atoms with Gasteiger partial charge in [0.05, 0.1) is 6.33 Å². The van der Waals surface area contributed by atoms with E-state index in [1.54, 1.807) is 29.2 Å². The zero-order valence-corrected chi connectivity index (χ0v) is 22.4. The van der Waals surface area contributed by atoms with Gasteiger partial charge in [-0.05, 0) is 55.9 Å². The van der Waals surface area contributed by atoms with Crippen molar-refractivity contribution in [1.29, 1.82) is 0 Å². The van der Waals surface area contributed by atoms with Crippen LogP contribution >= 0.6 is 11.6 Å². The molecule has 1 aliphatic carbocycles. The molecule has 40 heavy (non-hydrogen) atoms. The number of fused-ring (bicyclic) bond motifs is 1. The highest BCUT2D eigenvalue weighted by Crippen LogP contribution is 2.33. The molecule has 2 aliphatic heterocycles. The van der Waals surface area contributed by atoms with Crippen molar-refractivity contribution >= 4 is 46.2 Å². The molecule has 3 fully saturated rings. The second-order valence-corrected chi connectivity index (χ2v) is 11.1. The van der Waals surface area contributed by atoms with Crippen molar-refractivity contribution < 1.29 is 24.5 Å². The van der Waals surface area contributed by atoms with Crippen LogP contribution in [-0.2, 0) is 16.0 Å². The van der Waals surface area contributed by atoms with Crippen LogP contribution in [0.1, 0.15) is 37.7 Å². The van der Waals surface area contributed by atoms with Gasteiger partial charge >= 0.3 is 6.03 Å². The van der Waals surface area contributed by atoms with Crippen molar-refractivity contribution in [2.45, 2.75) is 62.7 Å². The number of nitrogen functional groups attached to an aromatic ring is 1. The number of nitrogens with zero attached hydrogens (tertiary/aromatic N) is 5. The van der Waals surface area contributed by atoms with Crippen LogP contribution in [0.25, 0.3) is 11.2 Å². The van der Waals surface area contributed by atoms with Gasteiger partial charge in [-0.1, -0.05) is 11.6 Å². The number of carbonyl (C=O) groups excluding carboxylic acids is 2. The Morgan fingerprint density at radius 2 is 1.80 bits per heavy atom. The number of urea groups is 1. The van der Waals surface area contributed by atoms with Crippen molar-refractivity contribution in [3.8, 4) is 0 Å². The molecule has 13 nitrogen and oxygen atoms in total. The molecule has 6 N–H and O–H groups in total. The third kappa shape index (κ3) is 5.42. The number of anilines is 2. The first-order valence-corrected chi connectivity index (χ1v) is 13.8. The van der Waals surface area contributed by atoms with Gasteiger partial charge in [0.15, 0.2) is 23.8 Å². The smallest absolute Gasteiger partial charge is 0.321 e. The molecule has 1 unspecified atom stereocenters. The minimum atomic E-state index is -1.40. The van der Waals surface area contributed by atoms with E-state index in [-0.39, 0.29) is 23.8 Å². The van der Waals surface area contributed by atoms with Crippen molar-refractivity contribution in [3.63, 3.8) is 0 Å². The summed E-state index contributed by atoms with van der Waals surface area (Å²) in [6.07, 6.45) is 0.227. The number of ether oxygens (including phenoxy) is 1. The quantitative estimate of drug-likeness (QED) is 0.293. The van der Waals surface area contributed by atoms with E-state index in [9.17, 15) is 19.8 Å². The summed E-state index contributed by atoms with van der Waals surface area (Å²) in [6, 6.07) is 6.90. The van der Waals surface area contributed by atoms with Crippen molar-refractivity contribution in [2.75, 3.05) is 24.1 Å². The number of aliphatic hydroxyl groups is 2. The lowest BCUT2D eigenvalue weighted by atomic mass is 9.93. The maximum atomic E-state index is 12.7. The maximum absolute atomic E-state index is 12.7. The van der Waals surface area contributed by atoms with Gasteiger partial charge in [0.2, 0.25) is 0 Å². The predicted molar refractivity (Wildman–Crippen MR) is 145 cm³/mol. The summed E-state index contributed by atoms with van der Waals surface area (Å²) in [6.45, 7) is 1.17. The van der Waals surface area contributed by atoms with Gasteiger partial charge in [0.25, 0.3) is 5.91 Å². The molecule has 0 spiro atoms. The van der Waals surface area contributed by atoms with Crippen LogP contribution in [-0.4, -0.2) is 84.0 Å². The fourth-order valence-electron chi connectivity index (χ4n) is 5.21. The molecule has 2 saturated heterocycles. The summed E-state index contributed by atoms with van der Waals surface area (Å²) >= 11 is 5.91. The van der Waals surface area contributed by atoms with Gasteiger partial charge in [0.1, 0.15) is 23.5 Å². The summed E-state index contributed by atoms with van der Waals surface area (Å²) in [4.78, 5) is 40.4. The summed E-state index contributed by atoms with van der Waals surface area (Å²) in [5.74, 6) is 0.476. The topological polar surface area (TPSA) is 181 Å². The average Bonchev–Trinajstić information content (AvgIpc) is 3.57. The number of imidazole rings is 1. The minimum absolute atomic E-state index is 0.0911. The van der Waals surface area contributed by atoms with Gasteiger partial charge in [-0.25, -0.2) is 19.7 Å². The lowest BCUT2D eigenvalue weighted by Crippen LogP contribution is -2.43. The number of rotatable bonds is 6. The van der Waals surface area contributed by atoms with Crippen LogP contribution < -0.4 is 16.4 Å². The lowest BCUT2D eigenvalue weighted by Gasteiger charge is -2.31. The van der Waals surface area contributed by atoms with E-state index in [0.717, 1.165) is 25.7 Å². The molecule has 2 aromatic heterocycles. The molecular weight excluding hydrogens is 540 g/mol. The van der Waals surface area contributed by atoms with Gasteiger partial charge in [-0.2, -0.15) is 0 Å². The first kappa shape index (κ1) is 26.7. The fourth-order valence-corrected chi connectivity index (χ4v) is 5.34. The molecule has 0 radical (unpaired) electrons. The Labute approximate surface area is 234 Å². The molecule has 3 amide bonds. The third-order valence-corrected chi connectivity index (χ3v) is 7.91. The standard InChI is InChI=1S/C26H31ClN8O5/c27-14-1-3-16(4-2-14)31-26(39)34-9-7-13(8-10-34)11-17-32-22(28)18-23(33-17)35(12-29-18)25-20(37)19(36)21(40-25)24(38)30-15-5-6-15/h1-4,12-13,15,19-21,25,36-37H,5-11H2,(H,30,38)(H,31,39)(H2,28,32,33)/t19-,20?,21+,25-/m1/s1. The number of nitrogens with two attached hydrogens (primary N) is 1. The monoisotopic (exact) mass is 570 g/mol. The summed E-state index contributed by atoms with van der Waals surface area (Å²) in [5.41, 5.74) is 7.58. The van der Waals surface area contributed by atoms with Crippen LogP contribution in [0.2, 0.25) is 5.02 Å². The molecular formula is C26H31ClN8O5. The lowest BCUT2D eigenvalue weighted by molar-refractivity contribution is -0.137. The Morgan fingerprint density at radius 3 is 2.50 bits per heavy atom. The largest absolute Gasteiger partial charge is 0.387 e. The van der Waals surface area contributed by atoms with Crippen LogP contribution in [0.4, 0.5) is 16.3 Å². The Morgan fingerprint density at radius 1 is 1.07 bits per heavy atom. The highest BCUT2D eigenvalue weighted by molar-refractivity contribution is 6.30. The number of likely N-dealkylation sites (tertiary alicyclic amines) is 1. The van der Waals surface area contributed by atoms with E-state index in [2.05, 4.69) is 25.6 Å². The Bertz CT molecular complexity index is 1410. The first-order valence-electron chi connectivity index (χ1n) is 13.4. The molecule has 3 aromatic rings. The van der Waals surface area contributed by atoms with Gasteiger partial charge in [-0.3, -0.25) is 9.36 Å². The van der Waals surface area contributed by atoms with Crippen LogP contribution in [0.5, 0.6) is 0 Å². The Hall–Kier alpha value is -3.52. The molecule has 1 aromatic carbocycles. The third-order valence-electron chi connectivity index (χ3n) is 7.66. The zero-order chi connectivity index (χ0) is 28.0. The van der Waals surface area contributed by atoms with E-state index in [1.165, 1.54) is 10.9 Å². The van der Waals surface area contributed by atoms with Crippen molar-refractivity contribution in [2.24, 2.45) is 5.92 Å². The van der Waals surface area contributed by atoms with Crippen LogP contribution in [0.15, 0.2) is 30.6 Å². The number of amides is 3. The molecule has 3 aliphatic rings. The van der Waals surface area contributed by atoms with E-state index in [1.807, 2.05) is 0 Å². The van der Waals surface area contributed by atoms with E-state index < -0.39 is 30.4 Å². The average molecular weight is 571 g/mol. The molecule has 14 heteroatoms. The number of nitrogens with one attached hydrogen (secondary N) is 2. The van der Waals surface area contributed by atoms with Gasteiger partial charge in [-0.15, -0.1) is 0 Å². The normalized spacial score (nSPS) is 25.3. The number of hydrogen-bond donors (Lipinski definition) is 5. The van der Waals surface area contributed by atoms with E-state index in [0.29, 0.717) is 47.2 Å². The molecule has 4 heterocycles. The SMILES string of the molecule is Nc1nc(CC2CCN(C(=O)Nc3ccc(Cl)cc3)CC2)nc2c1ncn2[C@@H]1O[C@H](C(=O)NC2CC2)[C@H](O)C1O. The number of aromatic nitrogens is 4. The number of hydrogen-bond acceptors (Lipinski definition) is 9. The predicted octanol–water partition coefficient (Wildman–Crippen LogP) is 1.45. The minimum Gasteiger partial charge on any atom is -0.387 e. The summed E-state index contributed by atoms with van der Waals surface area (Å²) < 4.78 is 7.29. The number of carbonyl (C=O) groups is 2. The number of piperidine rings is 1.